The molecule has 1 N–H and O–H groups in total. The van der Waals surface area contributed by atoms with Gasteiger partial charge < -0.3 is 5.11 Å². The van der Waals surface area contributed by atoms with E-state index in [-0.39, 0.29) is 10.8 Å². The highest BCUT2D eigenvalue weighted by Gasteiger charge is 2.63. The zero-order chi connectivity index (χ0) is 22.0. The van der Waals surface area contributed by atoms with Crippen molar-refractivity contribution in [1.82, 2.24) is 0 Å². The Morgan fingerprint density at radius 2 is 1.74 bits per heavy atom. The van der Waals surface area contributed by atoms with Crippen molar-refractivity contribution in [2.24, 2.45) is 34.5 Å². The molecule has 4 aliphatic carbocycles. The normalized spacial score (nSPS) is 45.8. The zero-order valence-electron chi connectivity index (χ0n) is 19.0. The van der Waals surface area contributed by atoms with Crippen molar-refractivity contribution in [1.29, 1.82) is 0 Å². The summed E-state index contributed by atoms with van der Waals surface area (Å²) in [5.41, 5.74) is 0.763. The summed E-state index contributed by atoms with van der Waals surface area (Å²) >= 11 is 7.66. The van der Waals surface area contributed by atoms with E-state index >= 15 is 0 Å². The van der Waals surface area contributed by atoms with Crippen LogP contribution in [0.2, 0.25) is 5.02 Å². The van der Waals surface area contributed by atoms with Gasteiger partial charge in [0.2, 0.25) is 0 Å². The molecule has 4 saturated carbocycles. The maximum Gasteiger partial charge on any atom is 0.159 e. The van der Waals surface area contributed by atoms with Crippen LogP contribution >= 0.6 is 23.4 Å². The number of hydrogen-bond acceptors (Lipinski definition) is 3. The van der Waals surface area contributed by atoms with E-state index in [4.69, 9.17) is 11.6 Å². The predicted molar refractivity (Wildman–Crippen MR) is 128 cm³/mol. The smallest absolute Gasteiger partial charge is 0.159 e. The van der Waals surface area contributed by atoms with Crippen LogP contribution in [0.3, 0.4) is 0 Å². The van der Waals surface area contributed by atoms with Crippen molar-refractivity contribution < 1.29 is 9.90 Å². The molecule has 0 saturated heterocycles. The third-order valence-electron chi connectivity index (χ3n) is 10.1. The summed E-state index contributed by atoms with van der Waals surface area (Å²) in [6, 6.07) is 7.85. The summed E-state index contributed by atoms with van der Waals surface area (Å²) in [6.45, 7) is 6.92. The molecule has 0 aliphatic heterocycles. The number of carbonyl (C=O) groups excluding carboxylic acids is 1. The number of ketones is 1. The molecule has 7 atom stereocenters. The van der Waals surface area contributed by atoms with E-state index in [1.54, 1.807) is 11.8 Å². The van der Waals surface area contributed by atoms with Crippen molar-refractivity contribution in [3.8, 4) is 0 Å². The summed E-state index contributed by atoms with van der Waals surface area (Å²) in [6.07, 6.45) is 8.49. The van der Waals surface area contributed by atoms with E-state index in [1.807, 2.05) is 24.3 Å². The van der Waals surface area contributed by atoms with E-state index in [1.165, 1.54) is 25.7 Å². The molecular formula is C27H35ClO2S. The van der Waals surface area contributed by atoms with Crippen LogP contribution in [0.25, 0.3) is 0 Å². The molecule has 0 amide bonds. The van der Waals surface area contributed by atoms with E-state index in [0.717, 1.165) is 34.8 Å². The van der Waals surface area contributed by atoms with E-state index in [9.17, 15) is 9.90 Å². The Morgan fingerprint density at radius 1 is 1.03 bits per heavy atom. The Kier molecular flexibility index (Phi) is 5.43. The van der Waals surface area contributed by atoms with Gasteiger partial charge in [0.05, 0.1) is 5.60 Å². The third kappa shape index (κ3) is 3.45. The van der Waals surface area contributed by atoms with Crippen molar-refractivity contribution in [2.45, 2.75) is 82.6 Å². The van der Waals surface area contributed by atoms with Crippen molar-refractivity contribution in [2.75, 3.05) is 0 Å². The monoisotopic (exact) mass is 458 g/mol. The fourth-order valence-corrected chi connectivity index (χ4v) is 8.92. The second-order valence-electron chi connectivity index (χ2n) is 11.4. The number of allylic oxidation sites excluding steroid dienone is 1. The van der Waals surface area contributed by atoms with Crippen molar-refractivity contribution in [3.63, 3.8) is 0 Å². The highest BCUT2D eigenvalue weighted by Crippen LogP contribution is 2.68. The Bertz CT molecular complexity index is 906. The second kappa shape index (κ2) is 7.64. The Hall–Kier alpha value is -0.770. The van der Waals surface area contributed by atoms with Crippen LogP contribution in [-0.4, -0.2) is 16.5 Å². The molecule has 0 spiro atoms. The van der Waals surface area contributed by atoms with Crippen molar-refractivity contribution in [3.05, 3.63) is 40.3 Å². The molecule has 1 aromatic rings. The van der Waals surface area contributed by atoms with Gasteiger partial charge in [0, 0.05) is 21.9 Å². The van der Waals surface area contributed by atoms with Crippen LogP contribution in [0.4, 0.5) is 0 Å². The maximum atomic E-state index is 13.0. The Morgan fingerprint density at radius 3 is 2.48 bits per heavy atom. The summed E-state index contributed by atoms with van der Waals surface area (Å²) in [5, 5.41) is 14.0. The Labute approximate surface area is 196 Å². The number of Topliss-reactive ketones (excluding diaryl/α,β-unsaturated/α-hetero) is 1. The topological polar surface area (TPSA) is 37.3 Å². The lowest BCUT2D eigenvalue weighted by Crippen LogP contribution is -2.56. The van der Waals surface area contributed by atoms with Crippen LogP contribution in [0.15, 0.2) is 40.1 Å². The number of fused-ring (bicyclic) bond motifs is 5. The van der Waals surface area contributed by atoms with Gasteiger partial charge in [-0.25, -0.2) is 0 Å². The van der Waals surface area contributed by atoms with E-state index in [2.05, 4.69) is 26.2 Å². The maximum absolute atomic E-state index is 13.0. The molecule has 0 unspecified atom stereocenters. The average molecular weight is 459 g/mol. The number of hydrogen-bond donors (Lipinski definition) is 1. The van der Waals surface area contributed by atoms with Gasteiger partial charge in [-0.05, 0) is 116 Å². The van der Waals surface area contributed by atoms with Crippen LogP contribution in [0, 0.1) is 34.5 Å². The minimum atomic E-state index is -0.525. The summed E-state index contributed by atoms with van der Waals surface area (Å²) in [4.78, 5) is 14.1. The molecule has 0 bridgehead atoms. The molecule has 4 aliphatic rings. The van der Waals surface area contributed by atoms with E-state index < -0.39 is 5.60 Å². The number of rotatable bonds is 2. The van der Waals surface area contributed by atoms with Gasteiger partial charge in [-0.2, -0.15) is 0 Å². The molecule has 0 radical (unpaired) electrons. The first-order chi connectivity index (χ1) is 14.6. The quantitative estimate of drug-likeness (QED) is 0.373. The van der Waals surface area contributed by atoms with Gasteiger partial charge in [0.15, 0.2) is 5.78 Å². The van der Waals surface area contributed by atoms with Gasteiger partial charge in [-0.15, -0.1) is 0 Å². The summed E-state index contributed by atoms with van der Waals surface area (Å²) in [7, 11) is 0. The van der Waals surface area contributed by atoms with Crippen LogP contribution < -0.4 is 0 Å². The molecule has 0 heterocycles. The predicted octanol–water partition coefficient (Wildman–Crippen LogP) is 7.29. The molecule has 4 fully saturated rings. The Balaban J connectivity index is 1.39. The molecule has 0 aromatic heterocycles. The van der Waals surface area contributed by atoms with Gasteiger partial charge in [-0.1, -0.05) is 37.2 Å². The number of aliphatic hydroxyl groups is 1. The minimum absolute atomic E-state index is 0.0605. The lowest BCUT2D eigenvalue weighted by Gasteiger charge is -2.61. The van der Waals surface area contributed by atoms with Crippen molar-refractivity contribution >= 4 is 29.1 Å². The van der Waals surface area contributed by atoms with E-state index in [0.29, 0.717) is 35.9 Å². The third-order valence-corrected chi connectivity index (χ3v) is 11.3. The number of halogens is 1. The highest BCUT2D eigenvalue weighted by atomic mass is 35.5. The largest absolute Gasteiger partial charge is 0.390 e. The fourth-order valence-electron chi connectivity index (χ4n) is 8.01. The summed E-state index contributed by atoms with van der Waals surface area (Å²) in [5.74, 6) is 2.88. The van der Waals surface area contributed by atoms with Gasteiger partial charge in [-0.3, -0.25) is 4.79 Å². The standard InChI is InChI=1S/C27H35ClO2S/c1-25-15-17(16-31-20-7-5-19(28)6-8-20)24(29)14-18(25)4-9-21-22(25)10-12-26(2)23(21)11-13-27(26,3)30/h5-8,16,18,21-23,30H,4,9-15H2,1-3H3/b17-16-/t18-,21+,22-,23-,25-,26-,27-/m0/s1. The molecule has 5 rings (SSSR count). The molecule has 31 heavy (non-hydrogen) atoms. The lowest BCUT2D eigenvalue weighted by atomic mass is 9.44. The van der Waals surface area contributed by atoms with Crippen LogP contribution in [0.5, 0.6) is 0 Å². The molecular weight excluding hydrogens is 424 g/mol. The fraction of sp³-hybridized carbons (Fsp3) is 0.667. The van der Waals surface area contributed by atoms with Gasteiger partial charge in [0.1, 0.15) is 0 Å². The highest BCUT2D eigenvalue weighted by molar-refractivity contribution is 8.02. The second-order valence-corrected chi connectivity index (χ2v) is 12.8. The summed E-state index contributed by atoms with van der Waals surface area (Å²) < 4.78 is 0. The first kappa shape index (κ1) is 22.0. The number of benzene rings is 1. The average Bonchev–Trinajstić information content (AvgIpc) is 2.97. The number of carbonyl (C=O) groups is 1. The molecule has 1 aromatic carbocycles. The van der Waals surface area contributed by atoms with Gasteiger partial charge in [0.25, 0.3) is 0 Å². The molecule has 2 nitrogen and oxygen atoms in total. The minimum Gasteiger partial charge on any atom is -0.390 e. The first-order valence-corrected chi connectivity index (χ1v) is 13.3. The zero-order valence-corrected chi connectivity index (χ0v) is 20.6. The first-order valence-electron chi connectivity index (χ1n) is 12.0. The molecule has 168 valence electrons. The van der Waals surface area contributed by atoms with Crippen LogP contribution in [-0.2, 0) is 4.79 Å². The van der Waals surface area contributed by atoms with Gasteiger partial charge >= 0.3 is 0 Å². The SMILES string of the molecule is C[C@]12C/C(=C/Sc3ccc(Cl)cc3)C(=O)C[C@@H]1CC[C@@H]1[C@@H]2CC[C@@]2(C)[C@H]1CC[C@]2(C)O. The molecule has 4 heteroatoms. The lowest BCUT2D eigenvalue weighted by molar-refractivity contribution is -0.147. The van der Waals surface area contributed by atoms with Crippen LogP contribution in [0.1, 0.15) is 72.1 Å². The number of thioether (sulfide) groups is 1.